The van der Waals surface area contributed by atoms with Gasteiger partial charge < -0.3 is 15.2 Å². The van der Waals surface area contributed by atoms with Crippen LogP contribution in [-0.2, 0) is 15.1 Å². The highest BCUT2D eigenvalue weighted by Gasteiger charge is 2.41. The Morgan fingerprint density at radius 2 is 1.68 bits per heavy atom. The summed E-state index contributed by atoms with van der Waals surface area (Å²) >= 11 is 0. The molecule has 5 nitrogen and oxygen atoms in total. The maximum atomic E-state index is 14.1. The number of aliphatic carboxylic acids is 1. The molecule has 0 aromatic heterocycles. The first-order valence-electron chi connectivity index (χ1n) is 6.57. The standard InChI is InChI=1S/C15H19F2NO4/c1-8-6-11(17)9(7-10(8)16)15(5,12(19)20)18-13(21)22-14(2,3)4/h6-7H,1-5H3,(H,18,21)(H,19,20). The molecule has 0 aliphatic carbocycles. The van der Waals surface area contributed by atoms with E-state index in [9.17, 15) is 23.5 Å². The third-order valence-electron chi connectivity index (χ3n) is 2.97. The second kappa shape index (κ2) is 5.90. The van der Waals surface area contributed by atoms with E-state index in [1.807, 2.05) is 0 Å². The zero-order chi connectivity index (χ0) is 17.3. The molecule has 0 fully saturated rings. The van der Waals surface area contributed by atoms with Crippen LogP contribution in [0.1, 0.15) is 38.8 Å². The van der Waals surface area contributed by atoms with Crippen LogP contribution < -0.4 is 5.32 Å². The van der Waals surface area contributed by atoms with E-state index < -0.39 is 40.4 Å². The molecular weight excluding hydrogens is 296 g/mol. The number of aryl methyl sites for hydroxylation is 1. The van der Waals surface area contributed by atoms with Crippen LogP contribution in [0.5, 0.6) is 0 Å². The quantitative estimate of drug-likeness (QED) is 0.898. The van der Waals surface area contributed by atoms with Gasteiger partial charge in [-0.25, -0.2) is 18.4 Å². The van der Waals surface area contributed by atoms with Crippen molar-refractivity contribution in [1.29, 1.82) is 0 Å². The van der Waals surface area contributed by atoms with Gasteiger partial charge in [0.1, 0.15) is 17.2 Å². The molecule has 1 amide bonds. The molecule has 7 heteroatoms. The van der Waals surface area contributed by atoms with Gasteiger partial charge in [0.15, 0.2) is 5.54 Å². The average Bonchev–Trinajstić information content (AvgIpc) is 2.30. The van der Waals surface area contributed by atoms with E-state index >= 15 is 0 Å². The zero-order valence-corrected chi connectivity index (χ0v) is 13.1. The SMILES string of the molecule is Cc1cc(F)c(C(C)(NC(=O)OC(C)(C)C)C(=O)O)cc1F. The Morgan fingerprint density at radius 3 is 2.14 bits per heavy atom. The highest BCUT2D eigenvalue weighted by Crippen LogP contribution is 2.27. The maximum absolute atomic E-state index is 14.1. The Labute approximate surface area is 127 Å². The lowest BCUT2D eigenvalue weighted by Crippen LogP contribution is -2.51. The third kappa shape index (κ3) is 3.93. The van der Waals surface area contributed by atoms with Gasteiger partial charge in [-0.15, -0.1) is 0 Å². The van der Waals surface area contributed by atoms with E-state index in [1.165, 1.54) is 6.92 Å². The van der Waals surface area contributed by atoms with Crippen LogP contribution in [0.4, 0.5) is 13.6 Å². The molecule has 122 valence electrons. The molecule has 0 bridgehead atoms. The zero-order valence-electron chi connectivity index (χ0n) is 13.1. The normalized spacial score (nSPS) is 14.1. The lowest BCUT2D eigenvalue weighted by atomic mass is 9.90. The van der Waals surface area contributed by atoms with Crippen LogP contribution in [-0.4, -0.2) is 22.8 Å². The van der Waals surface area contributed by atoms with E-state index in [4.69, 9.17) is 4.74 Å². The highest BCUT2D eigenvalue weighted by atomic mass is 19.1. The van der Waals surface area contributed by atoms with Crippen LogP contribution in [0.25, 0.3) is 0 Å². The number of carboxylic acids is 1. The molecule has 0 saturated carbocycles. The number of amides is 1. The fraction of sp³-hybridized carbons (Fsp3) is 0.467. The number of halogens is 2. The number of rotatable bonds is 3. The van der Waals surface area contributed by atoms with Gasteiger partial charge in [-0.2, -0.15) is 0 Å². The van der Waals surface area contributed by atoms with Crippen molar-refractivity contribution in [1.82, 2.24) is 5.32 Å². The van der Waals surface area contributed by atoms with Crippen LogP contribution in [0.3, 0.4) is 0 Å². The second-order valence-electron chi connectivity index (χ2n) is 6.14. The maximum Gasteiger partial charge on any atom is 0.408 e. The first kappa shape index (κ1) is 17.9. The van der Waals surface area contributed by atoms with Crippen LogP contribution in [0.2, 0.25) is 0 Å². The Balaban J connectivity index is 3.25. The van der Waals surface area contributed by atoms with Gasteiger partial charge in [0, 0.05) is 5.56 Å². The first-order chi connectivity index (χ1) is 9.86. The summed E-state index contributed by atoms with van der Waals surface area (Å²) in [6.45, 7) is 7.19. The summed E-state index contributed by atoms with van der Waals surface area (Å²) < 4.78 is 32.7. The molecule has 0 heterocycles. The molecule has 0 aliphatic heterocycles. The van der Waals surface area contributed by atoms with Gasteiger partial charge in [-0.3, -0.25) is 0 Å². The topological polar surface area (TPSA) is 75.6 Å². The molecule has 1 aromatic carbocycles. The van der Waals surface area contributed by atoms with Crippen LogP contribution in [0.15, 0.2) is 12.1 Å². The summed E-state index contributed by atoms with van der Waals surface area (Å²) in [4.78, 5) is 23.3. The second-order valence-corrected chi connectivity index (χ2v) is 6.14. The minimum atomic E-state index is -2.17. The van der Waals surface area contributed by atoms with Crippen molar-refractivity contribution in [3.05, 3.63) is 34.9 Å². The number of carbonyl (C=O) groups excluding carboxylic acids is 1. The van der Waals surface area contributed by atoms with E-state index in [2.05, 4.69) is 5.32 Å². The van der Waals surface area contributed by atoms with Gasteiger partial charge in [0.25, 0.3) is 0 Å². The van der Waals surface area contributed by atoms with Crippen molar-refractivity contribution >= 4 is 12.1 Å². The molecule has 0 aliphatic rings. The van der Waals surface area contributed by atoms with Gasteiger partial charge in [0.2, 0.25) is 0 Å². The van der Waals surface area contributed by atoms with Crippen molar-refractivity contribution in [2.45, 2.75) is 45.8 Å². The average molecular weight is 315 g/mol. The van der Waals surface area contributed by atoms with Gasteiger partial charge >= 0.3 is 12.1 Å². The molecule has 1 aromatic rings. The van der Waals surface area contributed by atoms with Crippen molar-refractivity contribution in [3.63, 3.8) is 0 Å². The minimum absolute atomic E-state index is 0.0336. The summed E-state index contributed by atoms with van der Waals surface area (Å²) in [7, 11) is 0. The molecule has 0 spiro atoms. The lowest BCUT2D eigenvalue weighted by Gasteiger charge is -2.29. The largest absolute Gasteiger partial charge is 0.479 e. The number of hydrogen-bond acceptors (Lipinski definition) is 3. The Hall–Kier alpha value is -2.18. The van der Waals surface area contributed by atoms with Gasteiger partial charge in [-0.1, -0.05) is 0 Å². The molecule has 0 saturated heterocycles. The molecule has 2 N–H and O–H groups in total. The Kier molecular flexibility index (Phi) is 4.79. The smallest absolute Gasteiger partial charge is 0.408 e. The molecule has 1 atom stereocenters. The Morgan fingerprint density at radius 1 is 1.14 bits per heavy atom. The fourth-order valence-corrected chi connectivity index (χ4v) is 1.77. The lowest BCUT2D eigenvalue weighted by molar-refractivity contribution is -0.144. The summed E-state index contributed by atoms with van der Waals surface area (Å²) in [5.74, 6) is -3.24. The number of carboxylic acid groups (broad SMARTS) is 1. The number of hydrogen-bond donors (Lipinski definition) is 2. The number of benzene rings is 1. The van der Waals surface area contributed by atoms with Crippen molar-refractivity contribution in [3.8, 4) is 0 Å². The van der Waals surface area contributed by atoms with E-state index in [0.29, 0.717) is 0 Å². The van der Waals surface area contributed by atoms with E-state index in [0.717, 1.165) is 19.1 Å². The molecule has 0 radical (unpaired) electrons. The van der Waals surface area contributed by atoms with Crippen molar-refractivity contribution in [2.75, 3.05) is 0 Å². The van der Waals surface area contributed by atoms with Crippen LogP contribution >= 0.6 is 0 Å². The number of alkyl carbamates (subject to hydrolysis) is 1. The summed E-state index contributed by atoms with van der Waals surface area (Å²) in [6.07, 6.45) is -1.04. The van der Waals surface area contributed by atoms with Crippen molar-refractivity contribution < 1.29 is 28.2 Å². The molecular formula is C15H19F2NO4. The summed E-state index contributed by atoms with van der Waals surface area (Å²) in [5.41, 5.74) is -3.48. The Bertz CT molecular complexity index is 610. The van der Waals surface area contributed by atoms with E-state index in [1.54, 1.807) is 20.8 Å². The monoisotopic (exact) mass is 315 g/mol. The van der Waals surface area contributed by atoms with Gasteiger partial charge in [-0.05, 0) is 52.3 Å². The molecule has 1 unspecified atom stereocenters. The molecule has 1 rings (SSSR count). The predicted octanol–water partition coefficient (Wildman–Crippen LogP) is 3.10. The van der Waals surface area contributed by atoms with E-state index in [-0.39, 0.29) is 5.56 Å². The number of carbonyl (C=O) groups is 2. The highest BCUT2D eigenvalue weighted by molar-refractivity contribution is 5.85. The van der Waals surface area contributed by atoms with Crippen LogP contribution in [0, 0.1) is 18.6 Å². The predicted molar refractivity (Wildman–Crippen MR) is 75.5 cm³/mol. The third-order valence-corrected chi connectivity index (χ3v) is 2.97. The summed E-state index contributed by atoms with van der Waals surface area (Å²) in [6, 6.07) is 1.64. The molecule has 22 heavy (non-hydrogen) atoms. The fourth-order valence-electron chi connectivity index (χ4n) is 1.77. The summed E-state index contributed by atoms with van der Waals surface area (Å²) in [5, 5.41) is 11.4. The number of ether oxygens (including phenoxy) is 1. The van der Waals surface area contributed by atoms with Crippen molar-refractivity contribution in [2.24, 2.45) is 0 Å². The minimum Gasteiger partial charge on any atom is -0.479 e. The van der Waals surface area contributed by atoms with Gasteiger partial charge in [0.05, 0.1) is 0 Å². The first-order valence-corrected chi connectivity index (χ1v) is 6.57. The number of nitrogens with one attached hydrogen (secondary N) is 1.